The Bertz CT molecular complexity index is 544. The smallest absolute Gasteiger partial charge is 0.275 e. The molecular formula is C19H28FN2O+. The van der Waals surface area contributed by atoms with E-state index in [1.165, 1.54) is 30.2 Å². The summed E-state index contributed by atoms with van der Waals surface area (Å²) in [5.74, 6) is 0.539. The fraction of sp³-hybridized carbons (Fsp3) is 0.632. The molecule has 2 N–H and O–H groups in total. The summed E-state index contributed by atoms with van der Waals surface area (Å²) >= 11 is 0. The normalized spacial score (nSPS) is 25.8. The quantitative estimate of drug-likeness (QED) is 0.827. The summed E-state index contributed by atoms with van der Waals surface area (Å²) < 4.78 is 13.9. The van der Waals surface area contributed by atoms with Crippen LogP contribution in [0.3, 0.4) is 0 Å². The van der Waals surface area contributed by atoms with Crippen LogP contribution >= 0.6 is 0 Å². The van der Waals surface area contributed by atoms with Gasteiger partial charge >= 0.3 is 0 Å². The van der Waals surface area contributed by atoms with Crippen molar-refractivity contribution in [3.63, 3.8) is 0 Å². The van der Waals surface area contributed by atoms with Crippen LogP contribution in [0.4, 0.5) is 4.39 Å². The summed E-state index contributed by atoms with van der Waals surface area (Å²) in [6.45, 7) is 3.29. The third-order valence-corrected chi connectivity index (χ3v) is 5.38. The highest BCUT2D eigenvalue weighted by molar-refractivity contribution is 5.77. The molecule has 4 heteroatoms. The van der Waals surface area contributed by atoms with E-state index in [1.54, 1.807) is 6.07 Å². The topological polar surface area (TPSA) is 33.5 Å². The number of carbonyl (C=O) groups excluding carboxylic acids is 1. The van der Waals surface area contributed by atoms with Gasteiger partial charge in [-0.2, -0.15) is 0 Å². The number of hydrogen-bond acceptors (Lipinski definition) is 1. The van der Waals surface area contributed by atoms with Gasteiger partial charge < -0.3 is 10.2 Å². The van der Waals surface area contributed by atoms with Crippen LogP contribution in [0.25, 0.3) is 0 Å². The van der Waals surface area contributed by atoms with E-state index in [0.717, 1.165) is 19.3 Å². The first-order valence-electron chi connectivity index (χ1n) is 9.01. The molecule has 126 valence electrons. The summed E-state index contributed by atoms with van der Waals surface area (Å²) in [6.07, 6.45) is 7.09. The van der Waals surface area contributed by atoms with Gasteiger partial charge in [0.15, 0.2) is 6.54 Å². The minimum atomic E-state index is -0.160. The van der Waals surface area contributed by atoms with Crippen molar-refractivity contribution < 1.29 is 14.1 Å². The lowest BCUT2D eigenvalue weighted by Gasteiger charge is -2.30. The van der Waals surface area contributed by atoms with Crippen molar-refractivity contribution in [3.05, 3.63) is 35.6 Å². The average Bonchev–Trinajstić information content (AvgIpc) is 3.36. The van der Waals surface area contributed by atoms with Gasteiger partial charge in [0, 0.05) is 24.4 Å². The Morgan fingerprint density at radius 2 is 1.96 bits per heavy atom. The molecule has 2 saturated carbocycles. The molecule has 3 nitrogen and oxygen atoms in total. The third-order valence-electron chi connectivity index (χ3n) is 5.38. The van der Waals surface area contributed by atoms with E-state index in [1.807, 2.05) is 12.1 Å². The molecule has 3 rings (SSSR count). The SMILES string of the molecule is C[C@@H]1CCCC[C@@H]1NC(=O)C[NH+](Cc1ccccc1F)C1CC1. The van der Waals surface area contributed by atoms with Crippen LogP contribution in [-0.4, -0.2) is 24.5 Å². The average molecular weight is 319 g/mol. The van der Waals surface area contributed by atoms with Crippen LogP contribution in [0.5, 0.6) is 0 Å². The van der Waals surface area contributed by atoms with Gasteiger partial charge in [-0.05, 0) is 24.8 Å². The van der Waals surface area contributed by atoms with Crippen LogP contribution in [0.1, 0.15) is 51.0 Å². The minimum absolute atomic E-state index is 0.127. The zero-order valence-electron chi connectivity index (χ0n) is 14.0. The molecule has 1 amide bonds. The molecule has 0 aliphatic heterocycles. The van der Waals surface area contributed by atoms with Gasteiger partial charge in [-0.15, -0.1) is 0 Å². The maximum atomic E-state index is 13.9. The molecule has 0 heterocycles. The summed E-state index contributed by atoms with van der Waals surface area (Å²) in [7, 11) is 0. The Balaban J connectivity index is 1.57. The molecule has 23 heavy (non-hydrogen) atoms. The van der Waals surface area contributed by atoms with Gasteiger partial charge in [0.2, 0.25) is 0 Å². The first kappa shape index (κ1) is 16.4. The molecule has 2 aliphatic carbocycles. The van der Waals surface area contributed by atoms with Crippen molar-refractivity contribution >= 4 is 5.91 Å². The summed E-state index contributed by atoms with van der Waals surface area (Å²) in [6, 6.07) is 7.76. The van der Waals surface area contributed by atoms with Crippen molar-refractivity contribution in [1.29, 1.82) is 0 Å². The first-order valence-corrected chi connectivity index (χ1v) is 9.01. The fourth-order valence-electron chi connectivity index (χ4n) is 3.72. The highest BCUT2D eigenvalue weighted by Gasteiger charge is 2.35. The Morgan fingerprint density at radius 3 is 2.65 bits per heavy atom. The van der Waals surface area contributed by atoms with E-state index in [-0.39, 0.29) is 11.7 Å². The van der Waals surface area contributed by atoms with Crippen molar-refractivity contribution in [2.45, 2.75) is 64.1 Å². The minimum Gasteiger partial charge on any atom is -0.348 e. The lowest BCUT2D eigenvalue weighted by Crippen LogP contribution is -3.13. The molecule has 1 unspecified atom stereocenters. The van der Waals surface area contributed by atoms with Gasteiger partial charge in [0.25, 0.3) is 5.91 Å². The number of hydrogen-bond donors (Lipinski definition) is 2. The second kappa shape index (κ2) is 7.43. The highest BCUT2D eigenvalue weighted by Crippen LogP contribution is 2.23. The molecule has 0 radical (unpaired) electrons. The Morgan fingerprint density at radius 1 is 1.22 bits per heavy atom. The van der Waals surface area contributed by atoms with E-state index in [2.05, 4.69) is 12.2 Å². The van der Waals surface area contributed by atoms with Crippen LogP contribution in [0.2, 0.25) is 0 Å². The second-order valence-electron chi connectivity index (χ2n) is 7.31. The monoisotopic (exact) mass is 319 g/mol. The number of carbonyl (C=O) groups is 1. The van der Waals surface area contributed by atoms with E-state index >= 15 is 0 Å². The largest absolute Gasteiger partial charge is 0.348 e. The lowest BCUT2D eigenvalue weighted by molar-refractivity contribution is -0.917. The number of benzene rings is 1. The highest BCUT2D eigenvalue weighted by atomic mass is 19.1. The van der Waals surface area contributed by atoms with E-state index in [0.29, 0.717) is 36.7 Å². The van der Waals surface area contributed by atoms with E-state index in [4.69, 9.17) is 0 Å². The second-order valence-corrected chi connectivity index (χ2v) is 7.31. The molecule has 2 fully saturated rings. The van der Waals surface area contributed by atoms with Crippen molar-refractivity contribution in [1.82, 2.24) is 5.32 Å². The third kappa shape index (κ3) is 4.54. The number of nitrogens with one attached hydrogen (secondary N) is 2. The molecule has 0 saturated heterocycles. The number of amides is 1. The molecule has 1 aromatic rings. The van der Waals surface area contributed by atoms with Crippen LogP contribution in [0.15, 0.2) is 24.3 Å². The summed E-state index contributed by atoms with van der Waals surface area (Å²) in [4.78, 5) is 13.7. The lowest BCUT2D eigenvalue weighted by atomic mass is 9.86. The molecule has 2 aliphatic rings. The molecular weight excluding hydrogens is 291 g/mol. The maximum absolute atomic E-state index is 13.9. The fourth-order valence-corrected chi connectivity index (χ4v) is 3.72. The van der Waals surface area contributed by atoms with Crippen LogP contribution < -0.4 is 10.2 Å². The van der Waals surface area contributed by atoms with Crippen molar-refractivity contribution in [3.8, 4) is 0 Å². The van der Waals surface area contributed by atoms with Gasteiger partial charge in [-0.1, -0.05) is 38.0 Å². The standard InChI is InChI=1S/C19H27FN2O/c1-14-6-2-5-9-18(14)21-19(23)13-22(16-10-11-16)12-15-7-3-4-8-17(15)20/h3-4,7-8,14,16,18H,2,5-6,9-13H2,1H3,(H,21,23)/p+1/t14-,18+/m1/s1. The van der Waals surface area contributed by atoms with Crippen molar-refractivity contribution in [2.75, 3.05) is 6.54 Å². The van der Waals surface area contributed by atoms with Crippen LogP contribution in [-0.2, 0) is 11.3 Å². The predicted molar refractivity (Wildman–Crippen MR) is 88.5 cm³/mol. The van der Waals surface area contributed by atoms with Gasteiger partial charge in [-0.3, -0.25) is 4.79 Å². The van der Waals surface area contributed by atoms with E-state index in [9.17, 15) is 9.18 Å². The van der Waals surface area contributed by atoms with Crippen molar-refractivity contribution in [2.24, 2.45) is 5.92 Å². The molecule has 0 spiro atoms. The van der Waals surface area contributed by atoms with Gasteiger partial charge in [-0.25, -0.2) is 4.39 Å². The number of quaternary nitrogens is 1. The number of rotatable bonds is 6. The first-order chi connectivity index (χ1) is 11.1. The zero-order valence-corrected chi connectivity index (χ0v) is 14.0. The van der Waals surface area contributed by atoms with Gasteiger partial charge in [0.05, 0.1) is 6.04 Å². The summed E-state index contributed by atoms with van der Waals surface area (Å²) in [5, 5.41) is 3.23. The molecule has 0 bridgehead atoms. The predicted octanol–water partition coefficient (Wildman–Crippen LogP) is 2.07. The Hall–Kier alpha value is -1.42. The molecule has 0 aromatic heterocycles. The van der Waals surface area contributed by atoms with Gasteiger partial charge in [0.1, 0.15) is 12.4 Å². The Kier molecular flexibility index (Phi) is 5.31. The summed E-state index contributed by atoms with van der Waals surface area (Å²) in [5.41, 5.74) is 0.716. The molecule has 1 aromatic carbocycles. The number of halogens is 1. The molecule has 3 atom stereocenters. The van der Waals surface area contributed by atoms with E-state index < -0.39 is 0 Å². The van der Waals surface area contributed by atoms with Crippen LogP contribution in [0, 0.1) is 11.7 Å². The zero-order chi connectivity index (χ0) is 16.2. The maximum Gasteiger partial charge on any atom is 0.275 e. The Labute approximate surface area is 138 Å².